The lowest BCUT2D eigenvalue weighted by Crippen LogP contribution is -2.16. The van der Waals surface area contributed by atoms with E-state index in [0.717, 1.165) is 6.42 Å². The Morgan fingerprint density at radius 2 is 2.07 bits per heavy atom. The summed E-state index contributed by atoms with van der Waals surface area (Å²) in [5, 5.41) is 2.63. The van der Waals surface area contributed by atoms with Crippen LogP contribution >= 0.6 is 0 Å². The largest absolute Gasteiger partial charge is 0.329 e. The van der Waals surface area contributed by atoms with Crippen LogP contribution in [0.25, 0.3) is 0 Å². The Morgan fingerprint density at radius 1 is 1.40 bits per heavy atom. The third kappa shape index (κ3) is 4.27. The maximum atomic E-state index is 11.1. The molecule has 0 heterocycles. The van der Waals surface area contributed by atoms with Gasteiger partial charge >= 0.3 is 0 Å². The second kappa shape index (κ2) is 5.81. The summed E-state index contributed by atoms with van der Waals surface area (Å²) >= 11 is 0. The maximum Gasteiger partial charge on any atom is 0.250 e. The summed E-state index contributed by atoms with van der Waals surface area (Å²) in [7, 11) is 0. The van der Waals surface area contributed by atoms with Gasteiger partial charge in [-0.3, -0.25) is 4.79 Å². The van der Waals surface area contributed by atoms with Gasteiger partial charge in [0.1, 0.15) is 0 Å². The molecule has 0 saturated carbocycles. The SMILES string of the molecule is C=C(C)C(=O)NC=CCc1ccccc1. The molecule has 0 fully saturated rings. The van der Waals surface area contributed by atoms with Gasteiger partial charge in [0.15, 0.2) is 0 Å². The molecule has 0 aromatic heterocycles. The fourth-order valence-electron chi connectivity index (χ4n) is 1.07. The van der Waals surface area contributed by atoms with Crippen molar-refractivity contribution in [3.63, 3.8) is 0 Å². The standard InChI is InChI=1S/C13H15NO/c1-11(2)13(15)14-10-6-9-12-7-4-3-5-8-12/h3-8,10H,1,9H2,2H3,(H,14,15). The van der Waals surface area contributed by atoms with Crippen molar-refractivity contribution >= 4 is 5.91 Å². The second-order valence-electron chi connectivity index (χ2n) is 3.35. The first-order valence-corrected chi connectivity index (χ1v) is 4.85. The van der Waals surface area contributed by atoms with Crippen LogP contribution in [-0.2, 0) is 11.2 Å². The lowest BCUT2D eigenvalue weighted by Gasteiger charge is -1.97. The van der Waals surface area contributed by atoms with E-state index in [9.17, 15) is 4.79 Å². The van der Waals surface area contributed by atoms with Gasteiger partial charge in [-0.2, -0.15) is 0 Å². The van der Waals surface area contributed by atoms with Crippen molar-refractivity contribution in [2.45, 2.75) is 13.3 Å². The van der Waals surface area contributed by atoms with E-state index in [1.54, 1.807) is 13.1 Å². The van der Waals surface area contributed by atoms with E-state index >= 15 is 0 Å². The first-order chi connectivity index (χ1) is 7.20. The third-order valence-electron chi connectivity index (χ3n) is 1.92. The van der Waals surface area contributed by atoms with Crippen molar-refractivity contribution in [3.8, 4) is 0 Å². The van der Waals surface area contributed by atoms with Crippen molar-refractivity contribution in [3.05, 3.63) is 60.3 Å². The Labute approximate surface area is 90.3 Å². The molecule has 0 radical (unpaired) electrons. The predicted octanol–water partition coefficient (Wildman–Crippen LogP) is 2.44. The van der Waals surface area contributed by atoms with E-state index in [4.69, 9.17) is 0 Å². The lowest BCUT2D eigenvalue weighted by atomic mass is 10.1. The van der Waals surface area contributed by atoms with Gasteiger partial charge in [-0.1, -0.05) is 43.0 Å². The van der Waals surface area contributed by atoms with E-state index in [0.29, 0.717) is 5.57 Å². The molecule has 78 valence electrons. The van der Waals surface area contributed by atoms with E-state index < -0.39 is 0 Å². The highest BCUT2D eigenvalue weighted by molar-refractivity contribution is 5.92. The van der Waals surface area contributed by atoms with Gasteiger partial charge in [-0.25, -0.2) is 0 Å². The van der Waals surface area contributed by atoms with E-state index in [2.05, 4.69) is 11.9 Å². The second-order valence-corrected chi connectivity index (χ2v) is 3.35. The molecule has 15 heavy (non-hydrogen) atoms. The molecule has 0 bridgehead atoms. The Bertz CT molecular complexity index is 365. The van der Waals surface area contributed by atoms with Crippen LogP contribution in [0.1, 0.15) is 12.5 Å². The number of hydrogen-bond donors (Lipinski definition) is 1. The lowest BCUT2D eigenvalue weighted by molar-refractivity contribution is -0.116. The van der Waals surface area contributed by atoms with Crippen LogP contribution in [0, 0.1) is 0 Å². The minimum atomic E-state index is -0.140. The molecular formula is C13H15NO. The van der Waals surface area contributed by atoms with E-state index in [1.165, 1.54) is 5.56 Å². The number of carbonyl (C=O) groups is 1. The molecule has 0 aliphatic carbocycles. The molecule has 1 aromatic carbocycles. The molecule has 1 N–H and O–H groups in total. The van der Waals surface area contributed by atoms with Crippen molar-refractivity contribution in [1.82, 2.24) is 5.32 Å². The van der Waals surface area contributed by atoms with Crippen molar-refractivity contribution in [2.75, 3.05) is 0 Å². The molecular weight excluding hydrogens is 186 g/mol. The summed E-state index contributed by atoms with van der Waals surface area (Å²) in [6.07, 6.45) is 4.39. The van der Waals surface area contributed by atoms with Crippen LogP contribution < -0.4 is 5.32 Å². The number of allylic oxidation sites excluding steroid dienone is 1. The van der Waals surface area contributed by atoms with E-state index in [1.807, 2.05) is 36.4 Å². The monoisotopic (exact) mass is 201 g/mol. The molecule has 2 nitrogen and oxygen atoms in total. The number of amides is 1. The quantitative estimate of drug-likeness (QED) is 0.745. The van der Waals surface area contributed by atoms with Crippen LogP contribution in [-0.4, -0.2) is 5.91 Å². The Balaban J connectivity index is 2.35. The van der Waals surface area contributed by atoms with Crippen LogP contribution in [0.3, 0.4) is 0 Å². The zero-order valence-corrected chi connectivity index (χ0v) is 8.86. The van der Waals surface area contributed by atoms with Crippen LogP contribution in [0.4, 0.5) is 0 Å². The summed E-state index contributed by atoms with van der Waals surface area (Å²) < 4.78 is 0. The highest BCUT2D eigenvalue weighted by atomic mass is 16.1. The van der Waals surface area contributed by atoms with Gasteiger partial charge in [-0.05, 0) is 18.9 Å². The minimum Gasteiger partial charge on any atom is -0.329 e. The van der Waals surface area contributed by atoms with Crippen LogP contribution in [0.2, 0.25) is 0 Å². The van der Waals surface area contributed by atoms with Crippen LogP contribution in [0.15, 0.2) is 54.8 Å². The topological polar surface area (TPSA) is 29.1 Å². The average Bonchev–Trinajstić information content (AvgIpc) is 2.25. The van der Waals surface area contributed by atoms with Gasteiger partial charge in [-0.15, -0.1) is 0 Å². The molecule has 1 rings (SSSR count). The Morgan fingerprint density at radius 3 is 2.67 bits per heavy atom. The Kier molecular flexibility index (Phi) is 4.35. The smallest absolute Gasteiger partial charge is 0.250 e. The summed E-state index contributed by atoms with van der Waals surface area (Å²) in [4.78, 5) is 11.1. The number of nitrogens with one attached hydrogen (secondary N) is 1. The summed E-state index contributed by atoms with van der Waals surface area (Å²) in [5.41, 5.74) is 1.73. The summed E-state index contributed by atoms with van der Waals surface area (Å²) in [6.45, 7) is 5.23. The average molecular weight is 201 g/mol. The molecule has 0 spiro atoms. The van der Waals surface area contributed by atoms with Gasteiger partial charge in [0, 0.05) is 11.8 Å². The molecule has 1 aromatic rings. The molecule has 0 unspecified atom stereocenters. The predicted molar refractivity (Wildman–Crippen MR) is 62.2 cm³/mol. The molecule has 0 atom stereocenters. The van der Waals surface area contributed by atoms with Crippen LogP contribution in [0.5, 0.6) is 0 Å². The normalized spacial score (nSPS) is 10.2. The maximum absolute atomic E-state index is 11.1. The first kappa shape index (κ1) is 11.2. The highest BCUT2D eigenvalue weighted by Crippen LogP contribution is 1.99. The molecule has 0 saturated heterocycles. The molecule has 1 amide bonds. The fourth-order valence-corrected chi connectivity index (χ4v) is 1.07. The minimum absolute atomic E-state index is 0.140. The number of carbonyl (C=O) groups excluding carboxylic acids is 1. The summed E-state index contributed by atoms with van der Waals surface area (Å²) in [6, 6.07) is 10.1. The molecule has 0 aliphatic rings. The summed E-state index contributed by atoms with van der Waals surface area (Å²) in [5.74, 6) is -0.140. The van der Waals surface area contributed by atoms with Gasteiger partial charge in [0.2, 0.25) is 5.91 Å². The molecule has 0 aliphatic heterocycles. The zero-order chi connectivity index (χ0) is 11.1. The number of rotatable bonds is 4. The fraction of sp³-hybridized carbons (Fsp3) is 0.154. The number of hydrogen-bond acceptors (Lipinski definition) is 1. The van der Waals surface area contributed by atoms with Gasteiger partial charge in [0.05, 0.1) is 0 Å². The molecule has 2 heteroatoms. The van der Waals surface area contributed by atoms with Crippen molar-refractivity contribution in [1.29, 1.82) is 0 Å². The first-order valence-electron chi connectivity index (χ1n) is 4.85. The third-order valence-corrected chi connectivity index (χ3v) is 1.92. The van der Waals surface area contributed by atoms with Gasteiger partial charge < -0.3 is 5.32 Å². The highest BCUT2D eigenvalue weighted by Gasteiger charge is 1.95. The van der Waals surface area contributed by atoms with Crippen molar-refractivity contribution < 1.29 is 4.79 Å². The Hall–Kier alpha value is -1.83. The van der Waals surface area contributed by atoms with E-state index in [-0.39, 0.29) is 5.91 Å². The van der Waals surface area contributed by atoms with Crippen molar-refractivity contribution in [2.24, 2.45) is 0 Å². The zero-order valence-electron chi connectivity index (χ0n) is 8.86. The van der Waals surface area contributed by atoms with Gasteiger partial charge in [0.25, 0.3) is 0 Å². The number of benzene rings is 1.